The summed E-state index contributed by atoms with van der Waals surface area (Å²) < 4.78 is 0. The summed E-state index contributed by atoms with van der Waals surface area (Å²) in [5.41, 5.74) is 7.08. The van der Waals surface area contributed by atoms with Crippen molar-refractivity contribution in [2.45, 2.75) is 0 Å². The van der Waals surface area contributed by atoms with Crippen LogP contribution >= 0.6 is 0 Å². The molecule has 0 aromatic carbocycles. The Bertz CT molecular complexity index is 350. The molecule has 0 fully saturated rings. The van der Waals surface area contributed by atoms with Gasteiger partial charge in [0.05, 0.1) is 0 Å². The minimum absolute atomic E-state index is 0.722. The van der Waals surface area contributed by atoms with Gasteiger partial charge in [-0.3, -0.25) is 0 Å². The summed E-state index contributed by atoms with van der Waals surface area (Å²) in [6.07, 6.45) is 3.36. The lowest BCUT2D eigenvalue weighted by Crippen LogP contribution is -1.86. The molecule has 10 heavy (non-hydrogen) atoms. The van der Waals surface area contributed by atoms with E-state index in [0.29, 0.717) is 0 Å². The molecule has 0 saturated heterocycles. The number of fused-ring (bicyclic) bond motifs is 1. The van der Waals surface area contributed by atoms with Gasteiger partial charge in [-0.2, -0.15) is 0 Å². The van der Waals surface area contributed by atoms with E-state index in [4.69, 9.17) is 5.73 Å². The van der Waals surface area contributed by atoms with Crippen molar-refractivity contribution in [1.29, 1.82) is 0 Å². The number of nitrogen functional groups attached to an aromatic ring is 1. The maximum absolute atomic E-state index is 5.62. The van der Waals surface area contributed by atoms with E-state index in [2.05, 4.69) is 9.97 Å². The Morgan fingerprint density at radius 1 is 1.40 bits per heavy atom. The molecule has 2 aromatic rings. The fraction of sp³-hybridized carbons (Fsp3) is 0. The first kappa shape index (κ1) is 5.29. The van der Waals surface area contributed by atoms with Gasteiger partial charge in [0.1, 0.15) is 0 Å². The van der Waals surface area contributed by atoms with Gasteiger partial charge in [0.25, 0.3) is 0 Å². The van der Waals surface area contributed by atoms with Crippen molar-refractivity contribution >= 4 is 16.7 Å². The Hall–Kier alpha value is -1.51. The zero-order valence-corrected chi connectivity index (χ0v) is 5.28. The Kier molecular flexibility index (Phi) is 0.917. The fourth-order valence-electron chi connectivity index (χ4n) is 0.933. The first-order chi connectivity index (χ1) is 4.88. The van der Waals surface area contributed by atoms with Gasteiger partial charge in [0.15, 0.2) is 0 Å². The van der Waals surface area contributed by atoms with Gasteiger partial charge in [0.2, 0.25) is 0 Å². The predicted octanol–water partition coefficient (Wildman–Crippen LogP) is 0.774. The normalized spacial score (nSPS) is 10.4. The van der Waals surface area contributed by atoms with E-state index in [1.54, 1.807) is 18.5 Å². The summed E-state index contributed by atoms with van der Waals surface area (Å²) in [6, 6.07) is 3.63. The second kappa shape index (κ2) is 1.73. The first-order valence-corrected chi connectivity index (χ1v) is 3.00. The number of nitrogens with two attached hydrogens (primary N) is 1. The monoisotopic (exact) mass is 132 g/mol. The van der Waals surface area contributed by atoms with Crippen molar-refractivity contribution in [3.05, 3.63) is 24.5 Å². The molecule has 2 heterocycles. The zero-order chi connectivity index (χ0) is 6.97. The highest BCUT2D eigenvalue weighted by Gasteiger charge is 1.88. The Balaban J connectivity index is 2.95. The van der Waals surface area contributed by atoms with E-state index in [1.165, 1.54) is 0 Å². The number of anilines is 1. The van der Waals surface area contributed by atoms with Crippen LogP contribution in [0.5, 0.6) is 0 Å². The Labute approximate surface area is 57.9 Å². The second-order valence-corrected chi connectivity index (χ2v) is 2.08. The van der Waals surface area contributed by atoms with Crippen molar-refractivity contribution in [3.63, 3.8) is 0 Å². The number of hydrogen-bond acceptors (Lipinski definition) is 2. The average molecular weight is 132 g/mol. The zero-order valence-electron chi connectivity index (χ0n) is 5.28. The van der Waals surface area contributed by atoms with Crippen LogP contribution < -0.4 is 10.7 Å². The largest absolute Gasteiger partial charge is 0.442 e. The van der Waals surface area contributed by atoms with E-state index in [1.807, 2.05) is 6.07 Å². The second-order valence-electron chi connectivity index (χ2n) is 2.08. The standard InChI is InChI=1S/C7H6N3/c8-6-2-4-10-7-5(6)1-3-9-7/h1-4H,(H2-,8,9,10)/q-1. The quantitative estimate of drug-likeness (QED) is 0.576. The predicted molar refractivity (Wildman–Crippen MR) is 39.5 cm³/mol. The third-order valence-electron chi connectivity index (χ3n) is 1.44. The van der Waals surface area contributed by atoms with Crippen LogP contribution in [-0.4, -0.2) is 4.98 Å². The number of hydrogen-bond donors (Lipinski definition) is 1. The summed E-state index contributed by atoms with van der Waals surface area (Å²) >= 11 is 0. The van der Waals surface area contributed by atoms with Crippen molar-refractivity contribution in [1.82, 2.24) is 9.97 Å². The van der Waals surface area contributed by atoms with Gasteiger partial charge in [-0.25, -0.2) is 0 Å². The van der Waals surface area contributed by atoms with E-state index in [0.717, 1.165) is 16.7 Å². The molecule has 0 aliphatic heterocycles. The third-order valence-corrected chi connectivity index (χ3v) is 1.44. The van der Waals surface area contributed by atoms with Crippen LogP contribution in [0.15, 0.2) is 24.5 Å². The highest BCUT2D eigenvalue weighted by Crippen LogP contribution is 2.15. The smallest absolute Gasteiger partial charge is 0.0382 e. The minimum Gasteiger partial charge on any atom is -0.442 e. The molecule has 50 valence electrons. The summed E-state index contributed by atoms with van der Waals surface area (Å²) in [6.45, 7) is 0. The maximum atomic E-state index is 5.62. The molecular weight excluding hydrogens is 126 g/mol. The molecule has 2 N–H and O–H groups in total. The molecule has 0 atom stereocenters. The highest BCUT2D eigenvalue weighted by atomic mass is 14.8. The molecule has 0 bridgehead atoms. The summed E-state index contributed by atoms with van der Waals surface area (Å²) in [4.78, 5) is 8.00. The van der Waals surface area contributed by atoms with Crippen molar-refractivity contribution in [3.8, 4) is 0 Å². The third kappa shape index (κ3) is 0.572. The van der Waals surface area contributed by atoms with Crippen molar-refractivity contribution in [2.75, 3.05) is 5.73 Å². The molecule has 3 nitrogen and oxygen atoms in total. The van der Waals surface area contributed by atoms with Gasteiger partial charge in [-0.05, 0) is 17.1 Å². The minimum atomic E-state index is 0.722. The lowest BCUT2D eigenvalue weighted by molar-refractivity contribution is 1.30. The Morgan fingerprint density at radius 2 is 2.30 bits per heavy atom. The number of aromatic nitrogens is 2. The van der Waals surface area contributed by atoms with Gasteiger partial charge < -0.3 is 15.7 Å². The number of rotatable bonds is 0. The molecule has 0 aliphatic carbocycles. The van der Waals surface area contributed by atoms with E-state index in [-0.39, 0.29) is 0 Å². The molecule has 0 aliphatic rings. The van der Waals surface area contributed by atoms with E-state index >= 15 is 0 Å². The molecule has 0 saturated carbocycles. The van der Waals surface area contributed by atoms with Crippen LogP contribution in [0.1, 0.15) is 0 Å². The molecule has 3 heteroatoms. The Morgan fingerprint density at radius 3 is 3.10 bits per heavy atom. The van der Waals surface area contributed by atoms with Crippen molar-refractivity contribution < 1.29 is 0 Å². The number of nitrogens with zero attached hydrogens (tertiary/aromatic N) is 2. The van der Waals surface area contributed by atoms with Crippen LogP contribution in [0.2, 0.25) is 0 Å². The average Bonchev–Trinajstić information content (AvgIpc) is 2.36. The van der Waals surface area contributed by atoms with Crippen LogP contribution in [0, 0.1) is 0 Å². The molecule has 0 radical (unpaired) electrons. The van der Waals surface area contributed by atoms with Crippen LogP contribution in [-0.2, 0) is 0 Å². The highest BCUT2D eigenvalue weighted by molar-refractivity contribution is 5.87. The fourth-order valence-corrected chi connectivity index (χ4v) is 0.933. The van der Waals surface area contributed by atoms with Gasteiger partial charge in [-0.15, -0.1) is 0 Å². The molecule has 0 unspecified atom stereocenters. The van der Waals surface area contributed by atoms with Gasteiger partial charge in [0, 0.05) is 5.69 Å². The van der Waals surface area contributed by atoms with E-state index < -0.39 is 0 Å². The van der Waals surface area contributed by atoms with Crippen molar-refractivity contribution in [2.24, 2.45) is 0 Å². The van der Waals surface area contributed by atoms with Crippen LogP contribution in [0.3, 0.4) is 0 Å². The molecule has 0 spiro atoms. The topological polar surface area (TPSA) is 53.0 Å². The summed E-state index contributed by atoms with van der Waals surface area (Å²) in [5, 5.41) is 0.933. The van der Waals surface area contributed by atoms with Crippen LogP contribution in [0.25, 0.3) is 11.0 Å². The van der Waals surface area contributed by atoms with Gasteiger partial charge >= 0.3 is 0 Å². The maximum Gasteiger partial charge on any atom is 0.0382 e. The molecule has 2 aromatic heterocycles. The van der Waals surface area contributed by atoms with Gasteiger partial charge in [-0.1, -0.05) is 18.5 Å². The SMILES string of the molecule is Nc1ccnc2[n-]ccc12. The molecule has 0 amide bonds. The molecular formula is C7H6N3-. The summed E-state index contributed by atoms with van der Waals surface area (Å²) in [5.74, 6) is 0. The lowest BCUT2D eigenvalue weighted by Gasteiger charge is -1.99. The first-order valence-electron chi connectivity index (χ1n) is 3.00. The van der Waals surface area contributed by atoms with Crippen LogP contribution in [0.4, 0.5) is 5.69 Å². The van der Waals surface area contributed by atoms with E-state index in [9.17, 15) is 0 Å². The number of pyridine rings is 1. The lowest BCUT2D eigenvalue weighted by atomic mass is 10.3. The summed E-state index contributed by atoms with van der Waals surface area (Å²) in [7, 11) is 0. The molecule has 2 rings (SSSR count).